The number of carbonyl (C=O) groups excluding carboxylic acids is 1. The molecule has 1 aliphatic heterocycles. The molecular weight excluding hydrogens is 249 g/mol. The zero-order valence-electron chi connectivity index (χ0n) is 10.9. The summed E-state index contributed by atoms with van der Waals surface area (Å²) in [5.74, 6) is -1.59. The first-order valence-electron chi connectivity index (χ1n) is 6.40. The molecule has 1 saturated heterocycles. The molecule has 0 spiro atoms. The summed E-state index contributed by atoms with van der Waals surface area (Å²) in [6, 6.07) is 3.81. The molecule has 1 fully saturated rings. The van der Waals surface area contributed by atoms with Gasteiger partial charge in [0.1, 0.15) is 17.1 Å². The Hall–Kier alpha value is -1.62. The minimum Gasteiger partial charge on any atom is -0.507 e. The van der Waals surface area contributed by atoms with E-state index in [4.69, 9.17) is 0 Å². The second-order valence-electron chi connectivity index (χ2n) is 5.28. The Morgan fingerprint density at radius 2 is 2.11 bits per heavy atom. The van der Waals surface area contributed by atoms with Crippen molar-refractivity contribution in [1.29, 1.82) is 0 Å². The second kappa shape index (κ2) is 5.17. The number of aliphatic hydroxyl groups is 1. The Labute approximate surface area is 111 Å². The van der Waals surface area contributed by atoms with Crippen LogP contribution in [0.5, 0.6) is 5.75 Å². The van der Waals surface area contributed by atoms with Gasteiger partial charge in [-0.2, -0.15) is 0 Å². The number of carbonyl (C=O) groups is 1. The molecule has 5 heteroatoms. The van der Waals surface area contributed by atoms with Gasteiger partial charge in [0.05, 0.1) is 5.60 Å². The Kier molecular flexibility index (Phi) is 3.75. The van der Waals surface area contributed by atoms with Gasteiger partial charge in [-0.3, -0.25) is 4.79 Å². The molecule has 1 aromatic carbocycles. The average molecular weight is 267 g/mol. The first-order valence-corrected chi connectivity index (χ1v) is 6.40. The SMILES string of the molecule is CC1(O)CCCN(C(=O)c2c(O)cccc2F)CC1. The van der Waals surface area contributed by atoms with Crippen LogP contribution in [-0.2, 0) is 0 Å². The summed E-state index contributed by atoms with van der Waals surface area (Å²) in [6.07, 6.45) is 1.72. The van der Waals surface area contributed by atoms with Crippen LogP contribution in [0.15, 0.2) is 18.2 Å². The van der Waals surface area contributed by atoms with Gasteiger partial charge in [0.2, 0.25) is 0 Å². The van der Waals surface area contributed by atoms with E-state index in [1.165, 1.54) is 17.0 Å². The average Bonchev–Trinajstić information content (AvgIpc) is 2.50. The van der Waals surface area contributed by atoms with E-state index in [0.717, 1.165) is 6.07 Å². The molecule has 1 aromatic rings. The van der Waals surface area contributed by atoms with E-state index in [9.17, 15) is 19.4 Å². The van der Waals surface area contributed by atoms with Gasteiger partial charge in [0.25, 0.3) is 5.91 Å². The zero-order chi connectivity index (χ0) is 14.0. The molecule has 4 nitrogen and oxygen atoms in total. The fourth-order valence-electron chi connectivity index (χ4n) is 2.35. The molecule has 19 heavy (non-hydrogen) atoms. The van der Waals surface area contributed by atoms with Gasteiger partial charge in [-0.15, -0.1) is 0 Å². The standard InChI is InChI=1S/C14H18FNO3/c1-14(19)6-3-8-16(9-7-14)13(18)12-10(15)4-2-5-11(12)17/h2,4-5,17,19H,3,6-9H2,1H3. The van der Waals surface area contributed by atoms with E-state index in [0.29, 0.717) is 32.4 Å². The molecule has 1 amide bonds. The third-order valence-corrected chi connectivity index (χ3v) is 3.56. The molecule has 1 atom stereocenters. The molecule has 0 saturated carbocycles. The molecule has 104 valence electrons. The summed E-state index contributed by atoms with van der Waals surface area (Å²) in [5.41, 5.74) is -1.07. The molecule has 0 aliphatic carbocycles. The van der Waals surface area contributed by atoms with Crippen molar-refractivity contribution >= 4 is 5.91 Å². The Bertz CT molecular complexity index is 467. The molecule has 1 aliphatic rings. The van der Waals surface area contributed by atoms with Crippen molar-refractivity contribution in [1.82, 2.24) is 4.90 Å². The lowest BCUT2D eigenvalue weighted by atomic mass is 9.98. The number of aromatic hydroxyl groups is 1. The predicted octanol–water partition coefficient (Wildman–Crippen LogP) is 1.91. The number of phenols is 1. The van der Waals surface area contributed by atoms with Crippen LogP contribution in [0.3, 0.4) is 0 Å². The quantitative estimate of drug-likeness (QED) is 0.817. The predicted molar refractivity (Wildman–Crippen MR) is 68.4 cm³/mol. The number of benzene rings is 1. The number of hydrogen-bond acceptors (Lipinski definition) is 3. The summed E-state index contributed by atoms with van der Waals surface area (Å²) >= 11 is 0. The van der Waals surface area contributed by atoms with Gasteiger partial charge in [0, 0.05) is 13.1 Å². The maximum absolute atomic E-state index is 13.7. The van der Waals surface area contributed by atoms with E-state index in [2.05, 4.69) is 0 Å². The van der Waals surface area contributed by atoms with E-state index in [1.54, 1.807) is 6.92 Å². The summed E-state index contributed by atoms with van der Waals surface area (Å²) in [6.45, 7) is 2.56. The Morgan fingerprint density at radius 3 is 2.79 bits per heavy atom. The van der Waals surface area contributed by atoms with Crippen LogP contribution in [-0.4, -0.2) is 39.7 Å². The first-order chi connectivity index (χ1) is 8.91. The number of amides is 1. The topological polar surface area (TPSA) is 60.8 Å². The maximum Gasteiger partial charge on any atom is 0.260 e. The van der Waals surface area contributed by atoms with E-state index in [-0.39, 0.29) is 11.3 Å². The number of likely N-dealkylation sites (tertiary alicyclic amines) is 1. The number of rotatable bonds is 1. The van der Waals surface area contributed by atoms with Crippen LogP contribution < -0.4 is 0 Å². The maximum atomic E-state index is 13.7. The van der Waals surface area contributed by atoms with Crippen molar-refractivity contribution in [2.75, 3.05) is 13.1 Å². The van der Waals surface area contributed by atoms with Crippen LogP contribution >= 0.6 is 0 Å². The van der Waals surface area contributed by atoms with Crippen LogP contribution in [0.1, 0.15) is 36.5 Å². The molecule has 0 radical (unpaired) electrons. The van der Waals surface area contributed by atoms with Crippen molar-refractivity contribution in [2.24, 2.45) is 0 Å². The highest BCUT2D eigenvalue weighted by Gasteiger charge is 2.29. The smallest absolute Gasteiger partial charge is 0.260 e. The normalized spacial score (nSPS) is 24.1. The zero-order valence-corrected chi connectivity index (χ0v) is 10.9. The number of hydrogen-bond donors (Lipinski definition) is 2. The van der Waals surface area contributed by atoms with Crippen molar-refractivity contribution in [2.45, 2.75) is 31.8 Å². The lowest BCUT2D eigenvalue weighted by molar-refractivity contribution is 0.0437. The van der Waals surface area contributed by atoms with Crippen molar-refractivity contribution in [3.8, 4) is 5.75 Å². The van der Waals surface area contributed by atoms with Crippen LogP contribution in [0.2, 0.25) is 0 Å². The van der Waals surface area contributed by atoms with Crippen LogP contribution in [0, 0.1) is 5.82 Å². The molecule has 2 N–H and O–H groups in total. The fraction of sp³-hybridized carbons (Fsp3) is 0.500. The molecule has 1 heterocycles. The van der Waals surface area contributed by atoms with Gasteiger partial charge in [-0.1, -0.05) is 6.07 Å². The van der Waals surface area contributed by atoms with E-state index < -0.39 is 17.3 Å². The first kappa shape index (κ1) is 13.8. The van der Waals surface area contributed by atoms with Crippen LogP contribution in [0.4, 0.5) is 4.39 Å². The Morgan fingerprint density at radius 1 is 1.37 bits per heavy atom. The van der Waals surface area contributed by atoms with E-state index >= 15 is 0 Å². The van der Waals surface area contributed by atoms with Gasteiger partial charge in [-0.05, 0) is 38.3 Å². The Balaban J connectivity index is 2.20. The van der Waals surface area contributed by atoms with Gasteiger partial charge < -0.3 is 15.1 Å². The monoisotopic (exact) mass is 267 g/mol. The summed E-state index contributed by atoms with van der Waals surface area (Å²) < 4.78 is 13.7. The van der Waals surface area contributed by atoms with Crippen molar-refractivity contribution in [3.05, 3.63) is 29.6 Å². The molecule has 1 unspecified atom stereocenters. The lowest BCUT2D eigenvalue weighted by Crippen LogP contribution is -2.34. The lowest BCUT2D eigenvalue weighted by Gasteiger charge is -2.23. The highest BCUT2D eigenvalue weighted by atomic mass is 19.1. The minimum absolute atomic E-state index is 0.288. The second-order valence-corrected chi connectivity index (χ2v) is 5.28. The highest BCUT2D eigenvalue weighted by Crippen LogP contribution is 2.26. The number of phenolic OH excluding ortho intramolecular Hbond substituents is 1. The van der Waals surface area contributed by atoms with Crippen LogP contribution in [0.25, 0.3) is 0 Å². The summed E-state index contributed by atoms with van der Waals surface area (Å²) in [5, 5.41) is 19.6. The fourth-order valence-corrected chi connectivity index (χ4v) is 2.35. The van der Waals surface area contributed by atoms with E-state index in [1.807, 2.05) is 0 Å². The summed E-state index contributed by atoms with van der Waals surface area (Å²) in [7, 11) is 0. The van der Waals surface area contributed by atoms with Gasteiger partial charge in [0.15, 0.2) is 0 Å². The van der Waals surface area contributed by atoms with Gasteiger partial charge in [-0.25, -0.2) is 4.39 Å². The number of nitrogens with zero attached hydrogens (tertiary/aromatic N) is 1. The third kappa shape index (κ3) is 3.04. The van der Waals surface area contributed by atoms with Crippen molar-refractivity contribution in [3.63, 3.8) is 0 Å². The number of halogens is 1. The molecular formula is C14H18FNO3. The third-order valence-electron chi connectivity index (χ3n) is 3.56. The van der Waals surface area contributed by atoms with Crippen molar-refractivity contribution < 1.29 is 19.4 Å². The largest absolute Gasteiger partial charge is 0.507 e. The molecule has 0 aromatic heterocycles. The molecule has 2 rings (SSSR count). The summed E-state index contributed by atoms with van der Waals surface area (Å²) in [4.78, 5) is 13.7. The van der Waals surface area contributed by atoms with Gasteiger partial charge >= 0.3 is 0 Å². The highest BCUT2D eigenvalue weighted by molar-refractivity contribution is 5.97. The molecule has 0 bridgehead atoms. The minimum atomic E-state index is -0.785.